The Kier molecular flexibility index (Phi) is 4.46. The third kappa shape index (κ3) is 3.01. The molecule has 1 aliphatic rings. The zero-order valence-electron chi connectivity index (χ0n) is 13.0. The summed E-state index contributed by atoms with van der Waals surface area (Å²) in [6.45, 7) is 2.92. The van der Waals surface area contributed by atoms with Gasteiger partial charge in [0.15, 0.2) is 0 Å². The Balaban J connectivity index is 1.71. The highest BCUT2D eigenvalue weighted by atomic mass is 19.1. The minimum atomic E-state index is -0.222. The number of fused-ring (bicyclic) bond motifs is 3. The summed E-state index contributed by atoms with van der Waals surface area (Å²) in [4.78, 5) is 15.7. The number of carbonyl (C=O) groups excluding carboxylic acids is 1. The summed E-state index contributed by atoms with van der Waals surface area (Å²) in [6.07, 6.45) is 5.78. The first-order chi connectivity index (χ1) is 10.7. The molecule has 1 amide bonds. The van der Waals surface area contributed by atoms with Gasteiger partial charge in [-0.3, -0.25) is 4.79 Å². The second kappa shape index (κ2) is 6.51. The topological polar surface area (TPSA) is 44.9 Å². The third-order valence-electron chi connectivity index (χ3n) is 4.60. The quantitative estimate of drug-likeness (QED) is 0.812. The molecular formula is C18H23FN2O. The summed E-state index contributed by atoms with van der Waals surface area (Å²) in [5.74, 6) is -0.0654. The Bertz CT molecular complexity index is 677. The van der Waals surface area contributed by atoms with Crippen molar-refractivity contribution in [2.45, 2.75) is 45.4 Å². The SMILES string of the molecule is CCCCCNC(=O)C1CCc2[nH]c3ccc(F)cc3c2C1. The van der Waals surface area contributed by atoms with Gasteiger partial charge in [0.25, 0.3) is 0 Å². The van der Waals surface area contributed by atoms with Crippen LogP contribution in [0.1, 0.15) is 43.9 Å². The number of hydrogen-bond acceptors (Lipinski definition) is 1. The summed E-state index contributed by atoms with van der Waals surface area (Å²) in [5, 5.41) is 3.98. The van der Waals surface area contributed by atoms with Crippen LogP contribution >= 0.6 is 0 Å². The van der Waals surface area contributed by atoms with Crippen molar-refractivity contribution in [3.63, 3.8) is 0 Å². The molecule has 1 heterocycles. The van der Waals surface area contributed by atoms with Gasteiger partial charge in [-0.2, -0.15) is 0 Å². The van der Waals surface area contributed by atoms with Gasteiger partial charge in [0, 0.05) is 29.1 Å². The van der Waals surface area contributed by atoms with Gasteiger partial charge in [0.2, 0.25) is 5.91 Å². The number of carbonyl (C=O) groups is 1. The molecule has 0 fully saturated rings. The predicted molar refractivity (Wildman–Crippen MR) is 86.3 cm³/mol. The van der Waals surface area contributed by atoms with Gasteiger partial charge in [-0.25, -0.2) is 4.39 Å². The lowest BCUT2D eigenvalue weighted by Crippen LogP contribution is -2.34. The maximum Gasteiger partial charge on any atom is 0.223 e. The molecule has 22 heavy (non-hydrogen) atoms. The Labute approximate surface area is 130 Å². The van der Waals surface area contributed by atoms with Crippen LogP contribution in [0.3, 0.4) is 0 Å². The molecule has 1 aromatic carbocycles. The van der Waals surface area contributed by atoms with Crippen molar-refractivity contribution in [1.29, 1.82) is 0 Å². The molecule has 1 aliphatic carbocycles. The van der Waals surface area contributed by atoms with Gasteiger partial charge in [0.1, 0.15) is 5.82 Å². The van der Waals surface area contributed by atoms with Crippen molar-refractivity contribution in [2.24, 2.45) is 5.92 Å². The van der Waals surface area contributed by atoms with Gasteiger partial charge < -0.3 is 10.3 Å². The molecule has 0 aliphatic heterocycles. The number of aryl methyl sites for hydroxylation is 1. The number of nitrogens with one attached hydrogen (secondary N) is 2. The van der Waals surface area contributed by atoms with Gasteiger partial charge >= 0.3 is 0 Å². The van der Waals surface area contributed by atoms with Gasteiger partial charge in [-0.15, -0.1) is 0 Å². The zero-order valence-corrected chi connectivity index (χ0v) is 13.0. The van der Waals surface area contributed by atoms with Crippen molar-refractivity contribution in [2.75, 3.05) is 6.54 Å². The van der Waals surface area contributed by atoms with Crippen LogP contribution in [-0.2, 0) is 17.6 Å². The van der Waals surface area contributed by atoms with Crippen LogP contribution < -0.4 is 5.32 Å². The van der Waals surface area contributed by atoms with Crippen molar-refractivity contribution in [1.82, 2.24) is 10.3 Å². The predicted octanol–water partition coefficient (Wildman–Crippen LogP) is 3.72. The second-order valence-electron chi connectivity index (χ2n) is 6.21. The van der Waals surface area contributed by atoms with Crippen LogP contribution in [0.4, 0.5) is 4.39 Å². The number of unbranched alkanes of at least 4 members (excludes halogenated alkanes) is 2. The van der Waals surface area contributed by atoms with E-state index in [4.69, 9.17) is 0 Å². The number of H-pyrrole nitrogens is 1. The van der Waals surface area contributed by atoms with Crippen LogP contribution in [-0.4, -0.2) is 17.4 Å². The van der Waals surface area contributed by atoms with E-state index in [1.54, 1.807) is 12.1 Å². The zero-order chi connectivity index (χ0) is 15.5. The number of rotatable bonds is 5. The van der Waals surface area contributed by atoms with E-state index in [1.165, 1.54) is 6.07 Å². The van der Waals surface area contributed by atoms with Crippen molar-refractivity contribution >= 4 is 16.8 Å². The van der Waals surface area contributed by atoms with E-state index in [0.29, 0.717) is 6.42 Å². The number of aromatic amines is 1. The van der Waals surface area contributed by atoms with Gasteiger partial charge in [-0.05, 0) is 49.4 Å². The molecule has 0 spiro atoms. The molecule has 0 saturated heterocycles. The van der Waals surface area contributed by atoms with Crippen LogP contribution in [0, 0.1) is 11.7 Å². The fraction of sp³-hybridized carbons (Fsp3) is 0.500. The van der Waals surface area contributed by atoms with E-state index >= 15 is 0 Å². The maximum absolute atomic E-state index is 13.5. The smallest absolute Gasteiger partial charge is 0.223 e. The van der Waals surface area contributed by atoms with Crippen molar-refractivity contribution < 1.29 is 9.18 Å². The highest BCUT2D eigenvalue weighted by Gasteiger charge is 2.27. The summed E-state index contributed by atoms with van der Waals surface area (Å²) >= 11 is 0. The average Bonchev–Trinajstić information content (AvgIpc) is 2.88. The lowest BCUT2D eigenvalue weighted by Gasteiger charge is -2.21. The fourth-order valence-electron chi connectivity index (χ4n) is 3.34. The number of amides is 1. The lowest BCUT2D eigenvalue weighted by atomic mass is 9.86. The number of halogens is 1. The molecule has 0 radical (unpaired) electrons. The number of aromatic nitrogens is 1. The molecule has 118 valence electrons. The first-order valence-electron chi connectivity index (χ1n) is 8.25. The average molecular weight is 302 g/mol. The van der Waals surface area contributed by atoms with E-state index in [0.717, 1.165) is 60.8 Å². The summed E-state index contributed by atoms with van der Waals surface area (Å²) in [5.41, 5.74) is 3.25. The third-order valence-corrected chi connectivity index (χ3v) is 4.60. The van der Waals surface area contributed by atoms with E-state index in [9.17, 15) is 9.18 Å². The molecule has 1 unspecified atom stereocenters. The van der Waals surface area contributed by atoms with Crippen LogP contribution in [0.25, 0.3) is 10.9 Å². The van der Waals surface area contributed by atoms with E-state index in [-0.39, 0.29) is 17.6 Å². The Morgan fingerprint density at radius 2 is 2.27 bits per heavy atom. The Morgan fingerprint density at radius 1 is 1.41 bits per heavy atom. The second-order valence-corrected chi connectivity index (χ2v) is 6.21. The molecular weight excluding hydrogens is 279 g/mol. The monoisotopic (exact) mass is 302 g/mol. The summed E-state index contributed by atoms with van der Waals surface area (Å²) < 4.78 is 13.5. The lowest BCUT2D eigenvalue weighted by molar-refractivity contribution is -0.125. The molecule has 3 rings (SSSR count). The molecule has 1 atom stereocenters. The minimum absolute atomic E-state index is 0.0105. The van der Waals surface area contributed by atoms with Crippen LogP contribution in [0.15, 0.2) is 18.2 Å². The van der Waals surface area contributed by atoms with Crippen LogP contribution in [0.2, 0.25) is 0 Å². The normalized spacial score (nSPS) is 17.5. The summed E-state index contributed by atoms with van der Waals surface area (Å²) in [7, 11) is 0. The maximum atomic E-state index is 13.5. The first-order valence-corrected chi connectivity index (χ1v) is 8.25. The standard InChI is InChI=1S/C18H23FN2O/c1-2-3-4-9-20-18(22)12-5-7-16-14(10-12)15-11-13(19)6-8-17(15)21-16/h6,8,11-12,21H,2-5,7,9-10H2,1H3,(H,20,22). The molecule has 0 bridgehead atoms. The molecule has 0 saturated carbocycles. The van der Waals surface area contributed by atoms with E-state index in [1.807, 2.05) is 0 Å². The molecule has 2 N–H and O–H groups in total. The molecule has 4 heteroatoms. The summed E-state index contributed by atoms with van der Waals surface area (Å²) in [6, 6.07) is 4.83. The highest BCUT2D eigenvalue weighted by molar-refractivity contribution is 5.87. The minimum Gasteiger partial charge on any atom is -0.358 e. The first kappa shape index (κ1) is 15.1. The largest absolute Gasteiger partial charge is 0.358 e. The number of hydrogen-bond donors (Lipinski definition) is 2. The van der Waals surface area contributed by atoms with E-state index in [2.05, 4.69) is 17.2 Å². The molecule has 1 aromatic heterocycles. The van der Waals surface area contributed by atoms with E-state index < -0.39 is 0 Å². The fourth-order valence-corrected chi connectivity index (χ4v) is 3.34. The van der Waals surface area contributed by atoms with Crippen molar-refractivity contribution in [3.05, 3.63) is 35.3 Å². The molecule has 3 nitrogen and oxygen atoms in total. The highest BCUT2D eigenvalue weighted by Crippen LogP contribution is 2.32. The number of benzene rings is 1. The van der Waals surface area contributed by atoms with Crippen LogP contribution in [0.5, 0.6) is 0 Å². The molecule has 2 aromatic rings. The van der Waals surface area contributed by atoms with Gasteiger partial charge in [-0.1, -0.05) is 19.8 Å². The van der Waals surface area contributed by atoms with Gasteiger partial charge in [0.05, 0.1) is 0 Å². The Hall–Kier alpha value is -1.84. The van der Waals surface area contributed by atoms with Crippen molar-refractivity contribution in [3.8, 4) is 0 Å². The Morgan fingerprint density at radius 3 is 3.09 bits per heavy atom.